The van der Waals surface area contributed by atoms with Crippen LogP contribution < -0.4 is 5.73 Å². The van der Waals surface area contributed by atoms with E-state index in [1.807, 2.05) is 51.1 Å². The molecule has 0 unspecified atom stereocenters. The molecule has 0 spiro atoms. The van der Waals surface area contributed by atoms with Crippen LogP contribution in [0, 0.1) is 0 Å². The summed E-state index contributed by atoms with van der Waals surface area (Å²) in [7, 11) is 0. The lowest BCUT2D eigenvalue weighted by Gasteiger charge is -2.37. The van der Waals surface area contributed by atoms with Gasteiger partial charge in [-0.15, -0.1) is 0 Å². The molecule has 1 aromatic rings. The Morgan fingerprint density at radius 3 is 2.29 bits per heavy atom. The third kappa shape index (κ3) is 4.96. The monoisotopic (exact) mass is 334 g/mol. The zero-order chi connectivity index (χ0) is 17.8. The smallest absolute Gasteiger partial charge is 0.410 e. The molecular formula is C18H26N2O4. The second-order valence-electron chi connectivity index (χ2n) is 7.19. The number of likely N-dealkylation sites (tertiary alicyclic amines) is 1. The van der Waals surface area contributed by atoms with Crippen LogP contribution in [-0.4, -0.2) is 41.2 Å². The molecule has 1 aromatic carbocycles. The minimum atomic E-state index is -1.05. The van der Waals surface area contributed by atoms with Crippen molar-refractivity contribution < 1.29 is 19.1 Å². The first-order valence-corrected chi connectivity index (χ1v) is 8.18. The molecule has 0 atom stereocenters. The minimum absolute atomic E-state index is 0.203. The number of carbonyl (C=O) groups is 2. The first kappa shape index (κ1) is 18.3. The van der Waals surface area contributed by atoms with Gasteiger partial charge in [-0.2, -0.15) is 0 Å². The Hall–Kier alpha value is -2.08. The Balaban J connectivity index is 1.85. The van der Waals surface area contributed by atoms with Crippen LogP contribution in [0.25, 0.3) is 0 Å². The van der Waals surface area contributed by atoms with Gasteiger partial charge in [0.05, 0.1) is 0 Å². The van der Waals surface area contributed by atoms with E-state index in [9.17, 15) is 9.59 Å². The van der Waals surface area contributed by atoms with Crippen molar-refractivity contribution in [1.29, 1.82) is 0 Å². The molecule has 2 N–H and O–H groups in total. The number of hydrogen-bond acceptors (Lipinski definition) is 5. The molecule has 6 heteroatoms. The molecule has 24 heavy (non-hydrogen) atoms. The van der Waals surface area contributed by atoms with Crippen molar-refractivity contribution in [2.75, 3.05) is 13.1 Å². The number of amides is 1. The van der Waals surface area contributed by atoms with Gasteiger partial charge in [-0.25, -0.2) is 4.79 Å². The fraction of sp³-hybridized carbons (Fsp3) is 0.556. The average molecular weight is 334 g/mol. The number of benzene rings is 1. The maximum absolute atomic E-state index is 12.3. The van der Waals surface area contributed by atoms with Gasteiger partial charge in [0.25, 0.3) is 0 Å². The van der Waals surface area contributed by atoms with Crippen LogP contribution in [0.1, 0.15) is 39.2 Å². The quantitative estimate of drug-likeness (QED) is 0.859. The van der Waals surface area contributed by atoms with E-state index in [4.69, 9.17) is 15.2 Å². The lowest BCUT2D eigenvalue weighted by atomic mass is 9.89. The second kappa shape index (κ2) is 7.21. The van der Waals surface area contributed by atoms with E-state index in [2.05, 4.69) is 0 Å². The number of piperidine rings is 1. The summed E-state index contributed by atoms with van der Waals surface area (Å²) in [5.74, 6) is -0.421. The second-order valence-corrected chi connectivity index (χ2v) is 7.19. The number of nitrogens with zero attached hydrogens (tertiary/aromatic N) is 1. The van der Waals surface area contributed by atoms with Crippen LogP contribution in [0.2, 0.25) is 0 Å². The van der Waals surface area contributed by atoms with Gasteiger partial charge in [-0.05, 0) is 39.2 Å². The highest BCUT2D eigenvalue weighted by molar-refractivity contribution is 5.81. The number of hydrogen-bond donors (Lipinski definition) is 1. The molecule has 1 amide bonds. The maximum Gasteiger partial charge on any atom is 0.410 e. The molecule has 6 nitrogen and oxygen atoms in total. The third-order valence-corrected chi connectivity index (χ3v) is 3.93. The average Bonchev–Trinajstić information content (AvgIpc) is 2.52. The molecule has 0 aromatic heterocycles. The van der Waals surface area contributed by atoms with Crippen molar-refractivity contribution in [3.8, 4) is 0 Å². The van der Waals surface area contributed by atoms with Crippen molar-refractivity contribution in [3.05, 3.63) is 35.9 Å². The van der Waals surface area contributed by atoms with Gasteiger partial charge in [-0.3, -0.25) is 4.79 Å². The van der Waals surface area contributed by atoms with Crippen LogP contribution in [0.4, 0.5) is 4.79 Å². The van der Waals surface area contributed by atoms with Crippen molar-refractivity contribution in [3.63, 3.8) is 0 Å². The molecule has 1 fully saturated rings. The molecule has 0 bridgehead atoms. The highest BCUT2D eigenvalue weighted by atomic mass is 16.6. The Morgan fingerprint density at radius 2 is 1.75 bits per heavy atom. The van der Waals surface area contributed by atoms with Crippen LogP contribution in [0.5, 0.6) is 0 Å². The summed E-state index contributed by atoms with van der Waals surface area (Å²) in [6.07, 6.45) is 0.349. The van der Waals surface area contributed by atoms with Gasteiger partial charge in [-0.1, -0.05) is 30.3 Å². The van der Waals surface area contributed by atoms with Gasteiger partial charge in [0, 0.05) is 13.1 Å². The van der Waals surface area contributed by atoms with Gasteiger partial charge in [0.15, 0.2) is 0 Å². The molecule has 1 heterocycles. The molecule has 1 aliphatic rings. The van der Waals surface area contributed by atoms with E-state index in [1.54, 1.807) is 4.90 Å². The van der Waals surface area contributed by atoms with Crippen LogP contribution in [0.3, 0.4) is 0 Å². The molecule has 0 aliphatic carbocycles. The Kier molecular flexibility index (Phi) is 5.49. The summed E-state index contributed by atoms with van der Waals surface area (Å²) in [6.45, 7) is 6.43. The normalized spacial score (nSPS) is 17.2. The van der Waals surface area contributed by atoms with Crippen molar-refractivity contribution in [1.82, 2.24) is 4.90 Å². The van der Waals surface area contributed by atoms with E-state index < -0.39 is 17.1 Å². The molecule has 132 valence electrons. The number of carbonyl (C=O) groups excluding carboxylic acids is 2. The SMILES string of the molecule is CC(C)(C)OC(=O)N1CCC(N)(C(=O)OCc2ccccc2)CC1. The first-order valence-electron chi connectivity index (χ1n) is 8.18. The van der Waals surface area contributed by atoms with E-state index in [0.717, 1.165) is 5.56 Å². The first-order chi connectivity index (χ1) is 11.2. The number of nitrogens with two attached hydrogens (primary N) is 1. The predicted molar refractivity (Wildman–Crippen MR) is 90.2 cm³/mol. The molecular weight excluding hydrogens is 308 g/mol. The largest absolute Gasteiger partial charge is 0.459 e. The van der Waals surface area contributed by atoms with Crippen molar-refractivity contribution in [2.24, 2.45) is 5.73 Å². The number of rotatable bonds is 3. The van der Waals surface area contributed by atoms with E-state index in [0.29, 0.717) is 25.9 Å². The maximum atomic E-state index is 12.3. The Bertz CT molecular complexity index is 572. The van der Waals surface area contributed by atoms with Gasteiger partial charge < -0.3 is 20.1 Å². The summed E-state index contributed by atoms with van der Waals surface area (Å²) in [6, 6.07) is 9.46. The van der Waals surface area contributed by atoms with Crippen molar-refractivity contribution in [2.45, 2.75) is 51.4 Å². The zero-order valence-corrected chi connectivity index (χ0v) is 14.6. The van der Waals surface area contributed by atoms with E-state index >= 15 is 0 Å². The highest BCUT2D eigenvalue weighted by Crippen LogP contribution is 2.23. The van der Waals surface area contributed by atoms with Gasteiger partial charge in [0.2, 0.25) is 0 Å². The van der Waals surface area contributed by atoms with Crippen molar-refractivity contribution >= 4 is 12.1 Å². The predicted octanol–water partition coefficient (Wildman–Crippen LogP) is 2.46. The summed E-state index contributed by atoms with van der Waals surface area (Å²) in [5.41, 5.74) is 5.53. The summed E-state index contributed by atoms with van der Waals surface area (Å²) < 4.78 is 10.7. The lowest BCUT2D eigenvalue weighted by molar-refractivity contribution is -0.153. The summed E-state index contributed by atoms with van der Waals surface area (Å²) in [4.78, 5) is 26.0. The standard InChI is InChI=1S/C18H26N2O4/c1-17(2,3)24-16(22)20-11-9-18(19,10-12-20)15(21)23-13-14-7-5-4-6-8-14/h4-8H,9-13,19H2,1-3H3. The third-order valence-electron chi connectivity index (χ3n) is 3.93. The lowest BCUT2D eigenvalue weighted by Crippen LogP contribution is -2.57. The Labute approximate surface area is 142 Å². The fourth-order valence-corrected chi connectivity index (χ4v) is 2.49. The van der Waals surface area contributed by atoms with Crippen LogP contribution in [0.15, 0.2) is 30.3 Å². The van der Waals surface area contributed by atoms with Crippen LogP contribution in [-0.2, 0) is 20.9 Å². The minimum Gasteiger partial charge on any atom is -0.459 e. The zero-order valence-electron chi connectivity index (χ0n) is 14.6. The summed E-state index contributed by atoms with van der Waals surface area (Å²) >= 11 is 0. The molecule has 1 saturated heterocycles. The molecule has 1 aliphatic heterocycles. The summed E-state index contributed by atoms with van der Waals surface area (Å²) in [5, 5.41) is 0. The van der Waals surface area contributed by atoms with E-state index in [-0.39, 0.29) is 12.7 Å². The fourth-order valence-electron chi connectivity index (χ4n) is 2.49. The Morgan fingerprint density at radius 1 is 1.17 bits per heavy atom. The van der Waals surface area contributed by atoms with E-state index in [1.165, 1.54) is 0 Å². The molecule has 0 saturated carbocycles. The molecule has 0 radical (unpaired) electrons. The molecule has 2 rings (SSSR count). The van der Waals surface area contributed by atoms with Gasteiger partial charge in [0.1, 0.15) is 17.7 Å². The highest BCUT2D eigenvalue weighted by Gasteiger charge is 2.41. The topological polar surface area (TPSA) is 81.9 Å². The number of ether oxygens (including phenoxy) is 2. The van der Waals surface area contributed by atoms with Crippen LogP contribution >= 0.6 is 0 Å². The van der Waals surface area contributed by atoms with Gasteiger partial charge >= 0.3 is 12.1 Å². The number of esters is 1.